The van der Waals surface area contributed by atoms with Crippen LogP contribution in [0.15, 0.2) is 9.37 Å². The predicted octanol–water partition coefficient (Wildman–Crippen LogP) is 4.95. The van der Waals surface area contributed by atoms with Crippen LogP contribution in [0, 0.1) is 0 Å². The molecule has 0 spiro atoms. The summed E-state index contributed by atoms with van der Waals surface area (Å²) in [6, 6.07) is 0. The van der Waals surface area contributed by atoms with Crippen molar-refractivity contribution in [3.05, 3.63) is 13.1 Å². The van der Waals surface area contributed by atoms with Gasteiger partial charge in [-0.3, -0.25) is 4.79 Å². The van der Waals surface area contributed by atoms with E-state index >= 15 is 0 Å². The summed E-state index contributed by atoms with van der Waals surface area (Å²) in [4.78, 5) is 12.0. The second-order valence-corrected chi connectivity index (χ2v) is 11.9. The standard InChI is InChI=1S/C14H20BrCl2NO4S2/c1-13(2,3)18(7-8(19)22-14(4,5)6)24(20,21)10-9(15)11(16)23-12(10)17/h7H2,1-6H3. The van der Waals surface area contributed by atoms with Gasteiger partial charge in [0.05, 0.1) is 4.47 Å². The Balaban J connectivity index is 3.33. The highest BCUT2D eigenvalue weighted by molar-refractivity contribution is 9.10. The lowest BCUT2D eigenvalue weighted by molar-refractivity contribution is -0.155. The molecule has 0 radical (unpaired) electrons. The summed E-state index contributed by atoms with van der Waals surface area (Å²) in [5.41, 5.74) is -1.58. The van der Waals surface area contributed by atoms with Gasteiger partial charge in [0.1, 0.15) is 25.7 Å². The molecule has 0 unspecified atom stereocenters. The van der Waals surface area contributed by atoms with Crippen LogP contribution in [0.25, 0.3) is 0 Å². The molecule has 0 saturated heterocycles. The highest BCUT2D eigenvalue weighted by Gasteiger charge is 2.40. The zero-order chi connectivity index (χ0) is 19.1. The maximum Gasteiger partial charge on any atom is 0.321 e. The summed E-state index contributed by atoms with van der Waals surface area (Å²) in [5.74, 6) is -0.644. The number of hydrogen-bond donors (Lipinski definition) is 0. The molecule has 0 amide bonds. The third-order valence-electron chi connectivity index (χ3n) is 2.72. The molecular weight excluding hydrogens is 461 g/mol. The minimum absolute atomic E-state index is 0.0327. The zero-order valence-corrected chi connectivity index (χ0v) is 19.0. The second-order valence-electron chi connectivity index (χ2n) is 7.06. The molecule has 0 saturated carbocycles. The van der Waals surface area contributed by atoms with E-state index in [1.165, 1.54) is 0 Å². The fourth-order valence-corrected chi connectivity index (χ4v) is 7.06. The van der Waals surface area contributed by atoms with Crippen molar-refractivity contribution in [2.75, 3.05) is 6.54 Å². The Morgan fingerprint density at radius 1 is 1.17 bits per heavy atom. The summed E-state index contributed by atoms with van der Waals surface area (Å²) in [6.07, 6.45) is 0. The van der Waals surface area contributed by atoms with E-state index in [1.807, 2.05) is 0 Å². The van der Waals surface area contributed by atoms with Crippen molar-refractivity contribution in [2.24, 2.45) is 0 Å². The largest absolute Gasteiger partial charge is 0.459 e. The highest BCUT2D eigenvalue weighted by atomic mass is 79.9. The van der Waals surface area contributed by atoms with Crippen molar-refractivity contribution in [1.29, 1.82) is 0 Å². The normalized spacial score (nSPS) is 13.4. The Bertz CT molecular complexity index is 733. The van der Waals surface area contributed by atoms with Gasteiger partial charge in [0, 0.05) is 5.54 Å². The third-order valence-corrected chi connectivity index (χ3v) is 8.29. The van der Waals surface area contributed by atoms with Gasteiger partial charge in [-0.15, -0.1) is 11.3 Å². The summed E-state index contributed by atoms with van der Waals surface area (Å²) < 4.78 is 32.9. The third kappa shape index (κ3) is 5.32. The SMILES string of the molecule is CC(C)(C)OC(=O)CN(C(C)(C)C)S(=O)(=O)c1c(Cl)sc(Cl)c1Br. The van der Waals surface area contributed by atoms with Gasteiger partial charge in [-0.25, -0.2) is 8.42 Å². The molecule has 0 atom stereocenters. The fraction of sp³-hybridized carbons (Fsp3) is 0.643. The number of sulfonamides is 1. The van der Waals surface area contributed by atoms with Gasteiger partial charge in [0.15, 0.2) is 0 Å². The average Bonchev–Trinajstić information content (AvgIpc) is 2.56. The van der Waals surface area contributed by atoms with Crippen LogP contribution >= 0.6 is 50.5 Å². The molecule has 5 nitrogen and oxygen atoms in total. The second kappa shape index (κ2) is 7.40. The summed E-state index contributed by atoms with van der Waals surface area (Å²) in [5, 5.41) is 0. The van der Waals surface area contributed by atoms with E-state index in [9.17, 15) is 13.2 Å². The maximum atomic E-state index is 13.1. The van der Waals surface area contributed by atoms with Crippen LogP contribution in [-0.2, 0) is 19.6 Å². The molecule has 0 fully saturated rings. The summed E-state index contributed by atoms with van der Waals surface area (Å²) in [7, 11) is -4.07. The van der Waals surface area contributed by atoms with Crippen LogP contribution in [0.5, 0.6) is 0 Å². The fourth-order valence-electron chi connectivity index (χ4n) is 1.84. The first-order valence-electron chi connectivity index (χ1n) is 6.95. The molecule has 10 heteroatoms. The van der Waals surface area contributed by atoms with Crippen molar-refractivity contribution in [1.82, 2.24) is 4.31 Å². The van der Waals surface area contributed by atoms with Crippen molar-refractivity contribution < 1.29 is 17.9 Å². The Hall–Kier alpha value is 0.140. The minimum Gasteiger partial charge on any atom is -0.459 e. The Morgan fingerprint density at radius 3 is 2.00 bits per heavy atom. The molecule has 0 aliphatic heterocycles. The van der Waals surface area contributed by atoms with Crippen LogP contribution in [-0.4, -0.2) is 36.4 Å². The molecule has 138 valence electrons. The lowest BCUT2D eigenvalue weighted by Gasteiger charge is -2.34. The molecular formula is C14H20BrCl2NO4S2. The quantitative estimate of drug-likeness (QED) is 0.572. The molecule has 0 bridgehead atoms. The minimum atomic E-state index is -4.07. The number of ether oxygens (including phenoxy) is 1. The van der Waals surface area contributed by atoms with E-state index in [-0.39, 0.29) is 18.0 Å². The lowest BCUT2D eigenvalue weighted by Crippen LogP contribution is -2.49. The first-order valence-corrected chi connectivity index (χ1v) is 10.8. The van der Waals surface area contributed by atoms with Crippen LogP contribution in [0.2, 0.25) is 8.67 Å². The smallest absolute Gasteiger partial charge is 0.321 e. The zero-order valence-electron chi connectivity index (χ0n) is 14.2. The lowest BCUT2D eigenvalue weighted by atomic mass is 10.1. The van der Waals surface area contributed by atoms with Crippen molar-refractivity contribution in [3.8, 4) is 0 Å². The van der Waals surface area contributed by atoms with E-state index in [1.54, 1.807) is 41.5 Å². The van der Waals surface area contributed by atoms with E-state index in [4.69, 9.17) is 27.9 Å². The average molecular weight is 481 g/mol. The first kappa shape index (κ1) is 22.2. The van der Waals surface area contributed by atoms with Gasteiger partial charge in [-0.2, -0.15) is 4.31 Å². The molecule has 0 aliphatic rings. The van der Waals surface area contributed by atoms with Gasteiger partial charge >= 0.3 is 5.97 Å². The van der Waals surface area contributed by atoms with E-state index in [0.717, 1.165) is 15.6 Å². The van der Waals surface area contributed by atoms with E-state index < -0.39 is 33.7 Å². The van der Waals surface area contributed by atoms with Gasteiger partial charge in [0.25, 0.3) is 0 Å². The Morgan fingerprint density at radius 2 is 1.67 bits per heavy atom. The van der Waals surface area contributed by atoms with Crippen LogP contribution in [0.3, 0.4) is 0 Å². The number of thiophene rings is 1. The van der Waals surface area contributed by atoms with Gasteiger partial charge in [0.2, 0.25) is 10.0 Å². The predicted molar refractivity (Wildman–Crippen MR) is 102 cm³/mol. The highest BCUT2D eigenvalue weighted by Crippen LogP contribution is 2.44. The molecule has 1 aromatic rings. The number of rotatable bonds is 4. The van der Waals surface area contributed by atoms with E-state index in [0.29, 0.717) is 0 Å². The van der Waals surface area contributed by atoms with Crippen LogP contribution in [0.1, 0.15) is 41.5 Å². The van der Waals surface area contributed by atoms with Crippen LogP contribution in [0.4, 0.5) is 0 Å². The van der Waals surface area contributed by atoms with Crippen molar-refractivity contribution in [3.63, 3.8) is 0 Å². The molecule has 1 heterocycles. The Kier molecular flexibility index (Phi) is 6.84. The molecule has 0 aromatic carbocycles. The molecule has 1 rings (SSSR count). The van der Waals surface area contributed by atoms with Crippen molar-refractivity contribution >= 4 is 66.5 Å². The topological polar surface area (TPSA) is 63.7 Å². The summed E-state index contributed by atoms with van der Waals surface area (Å²) >= 11 is 16.1. The first-order chi connectivity index (χ1) is 10.6. The molecule has 1 aromatic heterocycles. The van der Waals surface area contributed by atoms with Crippen LogP contribution < -0.4 is 0 Å². The maximum absolute atomic E-state index is 13.1. The number of carbonyl (C=O) groups excluding carboxylic acids is 1. The molecule has 24 heavy (non-hydrogen) atoms. The Labute approximate surface area is 165 Å². The monoisotopic (exact) mass is 479 g/mol. The molecule has 0 aliphatic carbocycles. The molecule has 0 N–H and O–H groups in total. The summed E-state index contributed by atoms with van der Waals surface area (Å²) in [6.45, 7) is 9.77. The van der Waals surface area contributed by atoms with Gasteiger partial charge in [-0.05, 0) is 57.5 Å². The van der Waals surface area contributed by atoms with Gasteiger partial charge in [-0.1, -0.05) is 23.2 Å². The number of hydrogen-bond acceptors (Lipinski definition) is 5. The number of halogens is 3. The number of esters is 1. The van der Waals surface area contributed by atoms with Crippen molar-refractivity contribution in [2.45, 2.75) is 57.6 Å². The van der Waals surface area contributed by atoms with Gasteiger partial charge < -0.3 is 4.74 Å². The number of nitrogens with zero attached hydrogens (tertiary/aromatic N) is 1. The van der Waals surface area contributed by atoms with E-state index in [2.05, 4.69) is 15.9 Å². The number of carbonyl (C=O) groups is 1.